The summed E-state index contributed by atoms with van der Waals surface area (Å²) >= 11 is 9.22. The fourth-order valence-corrected chi connectivity index (χ4v) is 5.92. The molecule has 2 saturated carbocycles. The van der Waals surface area contributed by atoms with Crippen molar-refractivity contribution in [2.24, 2.45) is 17.8 Å². The van der Waals surface area contributed by atoms with E-state index in [4.69, 9.17) is 11.6 Å². The molecule has 7 heteroatoms. The third-order valence-corrected chi connectivity index (χ3v) is 7.52. The van der Waals surface area contributed by atoms with Gasteiger partial charge in [-0.1, -0.05) is 18.0 Å². The van der Waals surface area contributed by atoms with E-state index in [1.54, 1.807) is 7.05 Å². The lowest BCUT2D eigenvalue weighted by Gasteiger charge is -2.27. The molecule has 1 aromatic rings. The van der Waals surface area contributed by atoms with Gasteiger partial charge in [-0.05, 0) is 59.0 Å². The molecule has 0 aromatic carbocycles. The molecule has 2 bridgehead atoms. The number of hydrogen-bond donors (Lipinski definition) is 0. The minimum atomic E-state index is -3.59. The van der Waals surface area contributed by atoms with Crippen molar-refractivity contribution >= 4 is 37.6 Å². The summed E-state index contributed by atoms with van der Waals surface area (Å²) in [5, 5.41) is 0.0259. The summed E-state index contributed by atoms with van der Waals surface area (Å²) in [5.74, 6) is 2.00. The molecule has 0 saturated heterocycles. The monoisotopic (exact) mass is 392 g/mol. The van der Waals surface area contributed by atoms with Gasteiger partial charge in [-0.25, -0.2) is 17.7 Å². The Morgan fingerprint density at radius 1 is 1.43 bits per heavy atom. The van der Waals surface area contributed by atoms with Crippen LogP contribution < -0.4 is 0 Å². The van der Waals surface area contributed by atoms with Crippen molar-refractivity contribution in [3.8, 4) is 0 Å². The van der Waals surface area contributed by atoms with Crippen LogP contribution in [0.4, 0.5) is 0 Å². The molecule has 2 fully saturated rings. The van der Waals surface area contributed by atoms with Crippen LogP contribution in [0.2, 0.25) is 5.15 Å². The predicted molar refractivity (Wildman–Crippen MR) is 85.7 cm³/mol. The minimum absolute atomic E-state index is 0.0259. The average molecular weight is 394 g/mol. The summed E-state index contributed by atoms with van der Waals surface area (Å²) in [7, 11) is -1.95. The summed E-state index contributed by atoms with van der Waals surface area (Å²) < 4.78 is 27.4. The van der Waals surface area contributed by atoms with Gasteiger partial charge >= 0.3 is 0 Å². The molecule has 0 N–H and O–H groups in total. The van der Waals surface area contributed by atoms with Crippen molar-refractivity contribution in [3.63, 3.8) is 0 Å². The Bertz CT molecular complexity index is 652. The molecule has 3 unspecified atom stereocenters. The Hall–Kier alpha value is -0.170. The summed E-state index contributed by atoms with van der Waals surface area (Å²) in [6, 6.07) is 1.52. The summed E-state index contributed by atoms with van der Waals surface area (Å²) in [6.07, 6.45) is 6.51. The van der Waals surface area contributed by atoms with Crippen LogP contribution >= 0.6 is 27.5 Å². The molecule has 0 radical (unpaired) electrons. The van der Waals surface area contributed by atoms with E-state index in [1.807, 2.05) is 0 Å². The second-order valence-corrected chi connectivity index (χ2v) is 9.45. The van der Waals surface area contributed by atoms with Crippen LogP contribution in [-0.2, 0) is 10.0 Å². The van der Waals surface area contributed by atoms with Gasteiger partial charge in [-0.2, -0.15) is 0 Å². The van der Waals surface area contributed by atoms with Crippen molar-refractivity contribution in [1.29, 1.82) is 0 Å². The van der Waals surface area contributed by atoms with Crippen LogP contribution in [0.1, 0.15) is 25.7 Å². The second-order valence-electron chi connectivity index (χ2n) is 6.16. The van der Waals surface area contributed by atoms with E-state index in [0.29, 0.717) is 22.9 Å². The molecule has 4 nitrogen and oxygen atoms in total. The maximum Gasteiger partial charge on any atom is 0.245 e. The number of nitrogens with zero attached hydrogens (tertiary/aromatic N) is 2. The second kappa shape index (κ2) is 5.80. The van der Waals surface area contributed by atoms with Crippen LogP contribution in [-0.4, -0.2) is 31.3 Å². The van der Waals surface area contributed by atoms with Gasteiger partial charge in [0.25, 0.3) is 0 Å². The van der Waals surface area contributed by atoms with Gasteiger partial charge in [0.05, 0.1) is 0 Å². The fraction of sp³-hybridized carbons (Fsp3) is 0.643. The first-order valence-electron chi connectivity index (χ1n) is 7.15. The van der Waals surface area contributed by atoms with E-state index in [-0.39, 0.29) is 10.0 Å². The zero-order valence-electron chi connectivity index (χ0n) is 11.8. The molecule has 1 aromatic heterocycles. The zero-order chi connectivity index (χ0) is 15.2. The lowest BCUT2D eigenvalue weighted by Crippen LogP contribution is -2.34. The van der Waals surface area contributed by atoms with Crippen LogP contribution in [0, 0.1) is 17.8 Å². The normalized spacial score (nSPS) is 28.5. The molecule has 0 spiro atoms. The SMILES string of the molecule is CN(CC1CC2CCC1C2)S(=O)(=O)c1cc(Br)cnc1Cl. The Labute approximate surface area is 139 Å². The first-order valence-corrected chi connectivity index (χ1v) is 9.76. The third-order valence-electron chi connectivity index (χ3n) is 4.84. The molecule has 0 aliphatic heterocycles. The molecule has 3 rings (SSSR count). The van der Waals surface area contributed by atoms with Crippen LogP contribution in [0.15, 0.2) is 21.6 Å². The smallest absolute Gasteiger partial charge is 0.242 e. The highest BCUT2D eigenvalue weighted by Gasteiger charge is 2.41. The van der Waals surface area contributed by atoms with Gasteiger partial charge in [-0.3, -0.25) is 0 Å². The summed E-state index contributed by atoms with van der Waals surface area (Å²) in [5.41, 5.74) is 0. The fourth-order valence-electron chi connectivity index (χ4n) is 3.78. The van der Waals surface area contributed by atoms with Gasteiger partial charge in [0.2, 0.25) is 10.0 Å². The van der Waals surface area contributed by atoms with E-state index in [9.17, 15) is 8.42 Å². The Balaban J connectivity index is 1.79. The largest absolute Gasteiger partial charge is 0.245 e. The van der Waals surface area contributed by atoms with Crippen LogP contribution in [0.3, 0.4) is 0 Å². The predicted octanol–water partition coefficient (Wildman–Crippen LogP) is 3.55. The Morgan fingerprint density at radius 2 is 2.19 bits per heavy atom. The first-order chi connectivity index (χ1) is 9.88. The molecule has 2 aliphatic carbocycles. The van der Waals surface area contributed by atoms with E-state index < -0.39 is 10.0 Å². The molecular weight excluding hydrogens is 376 g/mol. The number of pyridine rings is 1. The van der Waals surface area contributed by atoms with E-state index in [0.717, 1.165) is 12.3 Å². The highest BCUT2D eigenvalue weighted by atomic mass is 79.9. The third kappa shape index (κ3) is 3.00. The molecule has 2 aliphatic rings. The van der Waals surface area contributed by atoms with Crippen molar-refractivity contribution in [1.82, 2.24) is 9.29 Å². The minimum Gasteiger partial charge on any atom is -0.242 e. The van der Waals surface area contributed by atoms with Crippen LogP contribution in [0.5, 0.6) is 0 Å². The Morgan fingerprint density at radius 3 is 2.81 bits per heavy atom. The quantitative estimate of drug-likeness (QED) is 0.735. The molecule has 116 valence electrons. The Kier molecular flexibility index (Phi) is 4.34. The zero-order valence-corrected chi connectivity index (χ0v) is 15.0. The van der Waals surface area contributed by atoms with Crippen molar-refractivity contribution < 1.29 is 8.42 Å². The lowest BCUT2D eigenvalue weighted by molar-refractivity contribution is 0.280. The maximum atomic E-state index is 12.7. The summed E-state index contributed by atoms with van der Waals surface area (Å²) in [4.78, 5) is 3.98. The standard InChI is InChI=1S/C14H18BrClN2O2S/c1-18(8-11-5-9-2-3-10(11)4-9)21(19,20)13-6-12(15)7-17-14(13)16/h6-7,9-11H,2-5,8H2,1H3. The van der Waals surface area contributed by atoms with Gasteiger partial charge in [0.15, 0.2) is 0 Å². The molecule has 3 atom stereocenters. The molecule has 0 amide bonds. The van der Waals surface area contributed by atoms with E-state index in [2.05, 4.69) is 20.9 Å². The highest BCUT2D eigenvalue weighted by Crippen LogP contribution is 2.48. The molecule has 21 heavy (non-hydrogen) atoms. The van der Waals surface area contributed by atoms with Crippen molar-refractivity contribution in [2.75, 3.05) is 13.6 Å². The topological polar surface area (TPSA) is 50.3 Å². The first kappa shape index (κ1) is 15.7. The average Bonchev–Trinajstić information content (AvgIpc) is 3.03. The van der Waals surface area contributed by atoms with E-state index >= 15 is 0 Å². The maximum absolute atomic E-state index is 12.7. The van der Waals surface area contributed by atoms with Crippen LogP contribution in [0.25, 0.3) is 0 Å². The van der Waals surface area contributed by atoms with Gasteiger partial charge < -0.3 is 0 Å². The summed E-state index contributed by atoms with van der Waals surface area (Å²) in [6.45, 7) is 0.576. The van der Waals surface area contributed by atoms with Crippen molar-refractivity contribution in [3.05, 3.63) is 21.9 Å². The van der Waals surface area contributed by atoms with Gasteiger partial charge in [-0.15, -0.1) is 0 Å². The van der Waals surface area contributed by atoms with Gasteiger partial charge in [0.1, 0.15) is 10.0 Å². The number of aromatic nitrogens is 1. The number of rotatable bonds is 4. The lowest BCUT2D eigenvalue weighted by atomic mass is 9.89. The van der Waals surface area contributed by atoms with E-state index in [1.165, 1.54) is 35.8 Å². The molecule has 1 heterocycles. The highest BCUT2D eigenvalue weighted by molar-refractivity contribution is 9.10. The van der Waals surface area contributed by atoms with Gasteiger partial charge in [0, 0.05) is 24.3 Å². The van der Waals surface area contributed by atoms with Crippen molar-refractivity contribution in [2.45, 2.75) is 30.6 Å². The molecular formula is C14H18BrClN2O2S. The number of hydrogen-bond acceptors (Lipinski definition) is 3. The number of sulfonamides is 1. The number of halogens is 2. The number of fused-ring (bicyclic) bond motifs is 2.